The summed E-state index contributed by atoms with van der Waals surface area (Å²) in [5, 5.41) is 3.89. The van der Waals surface area contributed by atoms with Crippen LogP contribution in [0, 0.1) is 22.7 Å². The fourth-order valence-corrected chi connectivity index (χ4v) is 4.70. The van der Waals surface area contributed by atoms with Crippen molar-refractivity contribution >= 4 is 0 Å². The molecule has 0 saturated heterocycles. The second kappa shape index (κ2) is 5.76. The van der Waals surface area contributed by atoms with Gasteiger partial charge < -0.3 is 5.32 Å². The Morgan fingerprint density at radius 3 is 2.05 bits per heavy atom. The molecule has 2 fully saturated rings. The van der Waals surface area contributed by atoms with Gasteiger partial charge in [0.2, 0.25) is 0 Å². The highest BCUT2D eigenvalue weighted by Crippen LogP contribution is 2.70. The molecule has 0 aromatic carbocycles. The van der Waals surface area contributed by atoms with Crippen LogP contribution in [-0.2, 0) is 0 Å². The van der Waals surface area contributed by atoms with Crippen LogP contribution in [0.1, 0.15) is 79.6 Å². The lowest BCUT2D eigenvalue weighted by Crippen LogP contribution is -2.36. The molecule has 1 unspecified atom stereocenters. The minimum atomic E-state index is 0.521. The van der Waals surface area contributed by atoms with E-state index >= 15 is 0 Å². The molecule has 2 rings (SSSR count). The van der Waals surface area contributed by atoms with Crippen LogP contribution in [0.3, 0.4) is 0 Å². The number of hydrogen-bond acceptors (Lipinski definition) is 1. The molecule has 2 aliphatic carbocycles. The lowest BCUT2D eigenvalue weighted by Gasteiger charge is -2.28. The zero-order valence-electron chi connectivity index (χ0n) is 13.9. The smallest absolute Gasteiger partial charge is 0.0109 e. The number of rotatable bonds is 6. The normalized spacial score (nSPS) is 28.3. The Labute approximate surface area is 120 Å². The summed E-state index contributed by atoms with van der Waals surface area (Å²) in [7, 11) is 0. The molecule has 2 saturated carbocycles. The van der Waals surface area contributed by atoms with Gasteiger partial charge in [0.05, 0.1) is 0 Å². The van der Waals surface area contributed by atoms with Crippen molar-refractivity contribution in [1.82, 2.24) is 5.32 Å². The van der Waals surface area contributed by atoms with E-state index in [1.165, 1.54) is 51.5 Å². The maximum atomic E-state index is 3.89. The summed E-state index contributed by atoms with van der Waals surface area (Å²) in [5.74, 6) is 1.86. The zero-order chi connectivity index (χ0) is 14.1. The second-order valence-electron chi connectivity index (χ2n) is 8.22. The fraction of sp³-hybridized carbons (Fsp3) is 1.00. The van der Waals surface area contributed by atoms with Crippen molar-refractivity contribution in [3.05, 3.63) is 0 Å². The molecule has 19 heavy (non-hydrogen) atoms. The second-order valence-corrected chi connectivity index (χ2v) is 8.22. The molecule has 1 nitrogen and oxygen atoms in total. The Balaban J connectivity index is 1.96. The van der Waals surface area contributed by atoms with Crippen LogP contribution in [0.2, 0.25) is 0 Å². The molecule has 1 heteroatoms. The summed E-state index contributed by atoms with van der Waals surface area (Å²) in [6.45, 7) is 13.4. The van der Waals surface area contributed by atoms with Gasteiger partial charge in [-0.1, -0.05) is 66.7 Å². The first kappa shape index (κ1) is 15.4. The molecular weight excluding hydrogens is 230 g/mol. The average Bonchev–Trinajstić information content (AvgIpc) is 2.77. The standard InChI is InChI=1S/C18H35N/c1-6-12-19-15(13-14-10-8-7-9-11-14)16-17(2,3)18(16,4)5/h14-16,19H,6-13H2,1-5H3. The molecule has 0 aromatic rings. The van der Waals surface area contributed by atoms with Crippen LogP contribution < -0.4 is 5.32 Å². The van der Waals surface area contributed by atoms with Crippen LogP contribution in [0.4, 0.5) is 0 Å². The Kier molecular flexibility index (Phi) is 4.65. The van der Waals surface area contributed by atoms with Gasteiger partial charge >= 0.3 is 0 Å². The first-order valence-electron chi connectivity index (χ1n) is 8.64. The first-order valence-corrected chi connectivity index (χ1v) is 8.64. The molecule has 0 bridgehead atoms. The van der Waals surface area contributed by atoms with Crippen molar-refractivity contribution in [1.29, 1.82) is 0 Å². The predicted molar refractivity (Wildman–Crippen MR) is 84.3 cm³/mol. The number of hydrogen-bond donors (Lipinski definition) is 1. The summed E-state index contributed by atoms with van der Waals surface area (Å²) >= 11 is 0. The predicted octanol–water partition coefficient (Wildman–Crippen LogP) is 5.01. The van der Waals surface area contributed by atoms with E-state index in [0.29, 0.717) is 10.8 Å². The van der Waals surface area contributed by atoms with E-state index in [-0.39, 0.29) is 0 Å². The van der Waals surface area contributed by atoms with Crippen LogP contribution in [0.15, 0.2) is 0 Å². The Morgan fingerprint density at radius 2 is 1.58 bits per heavy atom. The maximum Gasteiger partial charge on any atom is 0.0109 e. The van der Waals surface area contributed by atoms with Gasteiger partial charge in [-0.2, -0.15) is 0 Å². The van der Waals surface area contributed by atoms with E-state index < -0.39 is 0 Å². The molecule has 0 aliphatic heterocycles. The lowest BCUT2D eigenvalue weighted by atomic mass is 9.82. The summed E-state index contributed by atoms with van der Waals surface area (Å²) in [4.78, 5) is 0. The van der Waals surface area contributed by atoms with E-state index in [4.69, 9.17) is 0 Å². The number of nitrogens with one attached hydrogen (secondary N) is 1. The SMILES string of the molecule is CCCNC(CC1CCCCC1)C1C(C)(C)C1(C)C. The summed E-state index contributed by atoms with van der Waals surface area (Å²) in [6.07, 6.45) is 10.1. The molecule has 0 radical (unpaired) electrons. The van der Waals surface area contributed by atoms with Gasteiger partial charge in [0.1, 0.15) is 0 Å². The largest absolute Gasteiger partial charge is 0.314 e. The van der Waals surface area contributed by atoms with E-state index in [0.717, 1.165) is 17.9 Å². The quantitative estimate of drug-likeness (QED) is 0.712. The molecule has 112 valence electrons. The van der Waals surface area contributed by atoms with E-state index in [1.54, 1.807) is 0 Å². The van der Waals surface area contributed by atoms with Crippen molar-refractivity contribution in [2.75, 3.05) is 6.54 Å². The van der Waals surface area contributed by atoms with Gasteiger partial charge in [-0.3, -0.25) is 0 Å². The summed E-state index contributed by atoms with van der Waals surface area (Å²) in [5.41, 5.74) is 1.04. The van der Waals surface area contributed by atoms with Gasteiger partial charge in [-0.25, -0.2) is 0 Å². The van der Waals surface area contributed by atoms with E-state index in [2.05, 4.69) is 39.9 Å². The summed E-state index contributed by atoms with van der Waals surface area (Å²) in [6, 6.07) is 0.757. The van der Waals surface area contributed by atoms with E-state index in [9.17, 15) is 0 Å². The molecule has 2 aliphatic rings. The third-order valence-electron chi connectivity index (χ3n) is 6.50. The highest BCUT2D eigenvalue weighted by atomic mass is 15.0. The van der Waals surface area contributed by atoms with Crippen LogP contribution in [-0.4, -0.2) is 12.6 Å². The Bertz CT molecular complexity index is 272. The molecule has 1 atom stereocenters. The highest BCUT2D eigenvalue weighted by molar-refractivity contribution is 5.16. The Hall–Kier alpha value is -0.0400. The van der Waals surface area contributed by atoms with Gasteiger partial charge in [-0.15, -0.1) is 0 Å². The minimum absolute atomic E-state index is 0.521. The summed E-state index contributed by atoms with van der Waals surface area (Å²) < 4.78 is 0. The van der Waals surface area contributed by atoms with Gasteiger partial charge in [0.15, 0.2) is 0 Å². The van der Waals surface area contributed by atoms with Gasteiger partial charge in [0.25, 0.3) is 0 Å². The van der Waals surface area contributed by atoms with Crippen molar-refractivity contribution in [2.24, 2.45) is 22.7 Å². The van der Waals surface area contributed by atoms with Crippen molar-refractivity contribution in [3.8, 4) is 0 Å². The highest BCUT2D eigenvalue weighted by Gasteiger charge is 2.66. The van der Waals surface area contributed by atoms with Crippen LogP contribution >= 0.6 is 0 Å². The van der Waals surface area contributed by atoms with Crippen molar-refractivity contribution in [3.63, 3.8) is 0 Å². The third kappa shape index (κ3) is 3.01. The molecule has 0 heterocycles. The van der Waals surface area contributed by atoms with Gasteiger partial charge in [0, 0.05) is 6.04 Å². The van der Waals surface area contributed by atoms with Crippen molar-refractivity contribution in [2.45, 2.75) is 85.6 Å². The minimum Gasteiger partial charge on any atom is -0.314 e. The molecule has 1 N–H and O–H groups in total. The maximum absolute atomic E-state index is 3.89. The third-order valence-corrected chi connectivity index (χ3v) is 6.50. The molecule has 0 spiro atoms. The van der Waals surface area contributed by atoms with Gasteiger partial charge in [-0.05, 0) is 42.1 Å². The molecular formula is C18H35N. The fourth-order valence-electron chi connectivity index (χ4n) is 4.70. The topological polar surface area (TPSA) is 12.0 Å². The zero-order valence-corrected chi connectivity index (χ0v) is 13.9. The Morgan fingerprint density at radius 1 is 1.00 bits per heavy atom. The van der Waals surface area contributed by atoms with E-state index in [1.807, 2.05) is 0 Å². The lowest BCUT2D eigenvalue weighted by molar-refractivity contribution is 0.267. The van der Waals surface area contributed by atoms with Crippen molar-refractivity contribution < 1.29 is 0 Å². The molecule has 0 amide bonds. The molecule has 0 aromatic heterocycles. The van der Waals surface area contributed by atoms with Crippen LogP contribution in [0.25, 0.3) is 0 Å². The first-order chi connectivity index (χ1) is 8.91. The average molecular weight is 265 g/mol. The van der Waals surface area contributed by atoms with Crippen LogP contribution in [0.5, 0.6) is 0 Å². The monoisotopic (exact) mass is 265 g/mol.